The average Bonchev–Trinajstić information content (AvgIpc) is 3.07. The Morgan fingerprint density at radius 2 is 2.17 bits per heavy atom. The van der Waals surface area contributed by atoms with Crippen molar-refractivity contribution in [3.05, 3.63) is 41.7 Å². The number of amides is 1. The fourth-order valence-corrected chi connectivity index (χ4v) is 3.40. The second-order valence-electron chi connectivity index (χ2n) is 6.37. The molecule has 2 aliphatic rings. The van der Waals surface area contributed by atoms with Crippen LogP contribution in [0.25, 0.3) is 0 Å². The topological polar surface area (TPSA) is 56.6 Å². The number of hydrogen-bond donors (Lipinski definition) is 0. The Morgan fingerprint density at radius 1 is 1.29 bits per heavy atom. The first-order chi connectivity index (χ1) is 11.7. The third kappa shape index (κ3) is 2.72. The molecule has 0 bridgehead atoms. The normalized spacial score (nSPS) is 20.0. The summed E-state index contributed by atoms with van der Waals surface area (Å²) in [5.41, 5.74) is 1.73. The van der Waals surface area contributed by atoms with Crippen molar-refractivity contribution in [2.24, 2.45) is 0 Å². The first-order valence-electron chi connectivity index (χ1n) is 8.41. The summed E-state index contributed by atoms with van der Waals surface area (Å²) in [6.07, 6.45) is 5.92. The Kier molecular flexibility index (Phi) is 3.88. The van der Waals surface area contributed by atoms with Gasteiger partial charge in [-0.15, -0.1) is 0 Å². The number of aromatic nitrogens is 2. The van der Waals surface area contributed by atoms with E-state index in [0.29, 0.717) is 36.8 Å². The van der Waals surface area contributed by atoms with Crippen LogP contribution in [0.15, 0.2) is 30.6 Å². The number of fused-ring (bicyclic) bond motifs is 1. The number of carbonyl (C=O) groups is 1. The van der Waals surface area contributed by atoms with E-state index in [4.69, 9.17) is 9.47 Å². The minimum Gasteiger partial charge on any atom is -0.486 e. The first kappa shape index (κ1) is 15.1. The van der Waals surface area contributed by atoms with Crippen LogP contribution >= 0.6 is 0 Å². The van der Waals surface area contributed by atoms with Crippen LogP contribution in [0.5, 0.6) is 11.5 Å². The number of piperidine rings is 1. The van der Waals surface area contributed by atoms with Gasteiger partial charge in [-0.2, -0.15) is 5.10 Å². The summed E-state index contributed by atoms with van der Waals surface area (Å²) in [5.74, 6) is 1.24. The molecule has 1 unspecified atom stereocenters. The number of para-hydroxylation sites is 1. The van der Waals surface area contributed by atoms with Crippen LogP contribution in [0, 0.1) is 6.92 Å². The molecule has 0 aliphatic carbocycles. The van der Waals surface area contributed by atoms with Crippen molar-refractivity contribution in [2.45, 2.75) is 25.8 Å². The van der Waals surface area contributed by atoms with E-state index < -0.39 is 0 Å². The number of benzene rings is 1. The summed E-state index contributed by atoms with van der Waals surface area (Å²) in [4.78, 5) is 14.9. The van der Waals surface area contributed by atoms with Crippen molar-refractivity contribution in [1.29, 1.82) is 0 Å². The quantitative estimate of drug-likeness (QED) is 0.850. The van der Waals surface area contributed by atoms with E-state index in [9.17, 15) is 4.79 Å². The largest absolute Gasteiger partial charge is 0.486 e. The monoisotopic (exact) mass is 327 g/mol. The van der Waals surface area contributed by atoms with E-state index >= 15 is 0 Å². The van der Waals surface area contributed by atoms with Crippen molar-refractivity contribution in [3.63, 3.8) is 0 Å². The molecular weight excluding hydrogens is 306 g/mol. The van der Waals surface area contributed by atoms with Gasteiger partial charge >= 0.3 is 0 Å². The van der Waals surface area contributed by atoms with Gasteiger partial charge in [-0.1, -0.05) is 6.07 Å². The SMILES string of the molecule is Cc1cnn(C2CCCN(C(=O)c3cccc4c3OCCO4)C2)c1. The van der Waals surface area contributed by atoms with Gasteiger partial charge < -0.3 is 14.4 Å². The summed E-state index contributed by atoms with van der Waals surface area (Å²) in [5, 5.41) is 4.41. The van der Waals surface area contributed by atoms with Crippen LogP contribution in [0.3, 0.4) is 0 Å². The molecule has 2 aromatic rings. The number of likely N-dealkylation sites (tertiary alicyclic amines) is 1. The maximum Gasteiger partial charge on any atom is 0.257 e. The maximum absolute atomic E-state index is 13.0. The fraction of sp³-hybridized carbons (Fsp3) is 0.444. The Morgan fingerprint density at radius 3 is 3.00 bits per heavy atom. The molecule has 1 atom stereocenters. The molecule has 1 amide bonds. The van der Waals surface area contributed by atoms with Gasteiger partial charge in [0.15, 0.2) is 11.5 Å². The van der Waals surface area contributed by atoms with Crippen molar-refractivity contribution < 1.29 is 14.3 Å². The molecule has 0 spiro atoms. The lowest BCUT2D eigenvalue weighted by atomic mass is 10.0. The molecule has 0 N–H and O–H groups in total. The standard InChI is InChI=1S/C18H21N3O3/c1-13-10-19-21(11-13)14-4-3-7-20(12-14)18(22)15-5-2-6-16-17(15)24-9-8-23-16/h2,5-6,10-11,14H,3-4,7-9,12H2,1H3. The van der Waals surface area contributed by atoms with Crippen LogP contribution in [0.4, 0.5) is 0 Å². The lowest BCUT2D eigenvalue weighted by molar-refractivity contribution is 0.0663. The zero-order valence-electron chi connectivity index (χ0n) is 13.8. The molecular formula is C18H21N3O3. The van der Waals surface area contributed by atoms with Gasteiger partial charge in [-0.3, -0.25) is 9.48 Å². The van der Waals surface area contributed by atoms with Gasteiger partial charge in [0.05, 0.1) is 17.8 Å². The predicted molar refractivity (Wildman–Crippen MR) is 88.6 cm³/mol. The maximum atomic E-state index is 13.0. The van der Waals surface area contributed by atoms with Crippen molar-refractivity contribution in [3.8, 4) is 11.5 Å². The minimum atomic E-state index is 0.00549. The zero-order chi connectivity index (χ0) is 16.5. The van der Waals surface area contributed by atoms with Gasteiger partial charge in [0.25, 0.3) is 5.91 Å². The summed E-state index contributed by atoms with van der Waals surface area (Å²) in [7, 11) is 0. The van der Waals surface area contributed by atoms with E-state index in [0.717, 1.165) is 24.9 Å². The van der Waals surface area contributed by atoms with Crippen molar-refractivity contribution in [2.75, 3.05) is 26.3 Å². The van der Waals surface area contributed by atoms with Gasteiger partial charge in [0.1, 0.15) is 13.2 Å². The first-order valence-corrected chi connectivity index (χ1v) is 8.41. The fourth-order valence-electron chi connectivity index (χ4n) is 3.40. The van der Waals surface area contributed by atoms with Crippen LogP contribution in [-0.2, 0) is 0 Å². The van der Waals surface area contributed by atoms with Crippen LogP contribution in [0.2, 0.25) is 0 Å². The molecule has 4 rings (SSSR count). The zero-order valence-corrected chi connectivity index (χ0v) is 13.8. The van der Waals surface area contributed by atoms with Gasteiger partial charge in [-0.25, -0.2) is 0 Å². The minimum absolute atomic E-state index is 0.00549. The highest BCUT2D eigenvalue weighted by Crippen LogP contribution is 2.35. The molecule has 6 heteroatoms. The van der Waals surface area contributed by atoms with Gasteiger partial charge in [-0.05, 0) is 37.5 Å². The number of nitrogens with zero attached hydrogens (tertiary/aromatic N) is 3. The third-order valence-corrected chi connectivity index (χ3v) is 4.59. The smallest absolute Gasteiger partial charge is 0.257 e. The molecule has 0 saturated carbocycles. The highest BCUT2D eigenvalue weighted by molar-refractivity contribution is 5.98. The molecule has 3 heterocycles. The van der Waals surface area contributed by atoms with Crippen LogP contribution in [-0.4, -0.2) is 46.9 Å². The number of hydrogen-bond acceptors (Lipinski definition) is 4. The van der Waals surface area contributed by atoms with E-state index in [1.165, 1.54) is 0 Å². The summed E-state index contributed by atoms with van der Waals surface area (Å²) < 4.78 is 13.3. The lowest BCUT2D eigenvalue weighted by Gasteiger charge is -2.33. The summed E-state index contributed by atoms with van der Waals surface area (Å²) >= 11 is 0. The van der Waals surface area contributed by atoms with Crippen molar-refractivity contribution >= 4 is 5.91 Å². The summed E-state index contributed by atoms with van der Waals surface area (Å²) in [6, 6.07) is 5.74. The van der Waals surface area contributed by atoms with Gasteiger partial charge in [0, 0.05) is 19.3 Å². The number of rotatable bonds is 2. The van der Waals surface area contributed by atoms with E-state index in [1.54, 1.807) is 0 Å². The molecule has 2 aliphatic heterocycles. The van der Waals surface area contributed by atoms with E-state index in [2.05, 4.69) is 5.10 Å². The summed E-state index contributed by atoms with van der Waals surface area (Å²) in [6.45, 7) is 4.47. The molecule has 1 aromatic heterocycles. The second-order valence-corrected chi connectivity index (χ2v) is 6.37. The molecule has 126 valence electrons. The van der Waals surface area contributed by atoms with Gasteiger partial charge in [0.2, 0.25) is 0 Å². The highest BCUT2D eigenvalue weighted by Gasteiger charge is 2.29. The van der Waals surface area contributed by atoms with E-state index in [-0.39, 0.29) is 11.9 Å². The highest BCUT2D eigenvalue weighted by atomic mass is 16.6. The number of ether oxygens (including phenoxy) is 2. The van der Waals surface area contributed by atoms with E-state index in [1.807, 2.05) is 47.1 Å². The Labute approximate surface area is 141 Å². The number of carbonyl (C=O) groups excluding carboxylic acids is 1. The molecule has 1 saturated heterocycles. The molecule has 24 heavy (non-hydrogen) atoms. The molecule has 1 aromatic carbocycles. The Hall–Kier alpha value is -2.50. The lowest BCUT2D eigenvalue weighted by Crippen LogP contribution is -2.41. The third-order valence-electron chi connectivity index (χ3n) is 4.59. The van der Waals surface area contributed by atoms with Crippen LogP contribution in [0.1, 0.15) is 34.8 Å². The average molecular weight is 327 g/mol. The van der Waals surface area contributed by atoms with Crippen LogP contribution < -0.4 is 9.47 Å². The van der Waals surface area contributed by atoms with Crippen molar-refractivity contribution in [1.82, 2.24) is 14.7 Å². The molecule has 0 radical (unpaired) electrons. The molecule has 1 fully saturated rings. The Bertz CT molecular complexity index is 756. The predicted octanol–water partition coefficient (Wildman–Crippen LogP) is 2.44. The molecule has 6 nitrogen and oxygen atoms in total. The number of aryl methyl sites for hydroxylation is 1. The Balaban J connectivity index is 1.56. The second kappa shape index (κ2) is 6.19.